The summed E-state index contributed by atoms with van der Waals surface area (Å²) in [4.78, 5) is 11.4. The Labute approximate surface area is 130 Å². The summed E-state index contributed by atoms with van der Waals surface area (Å²) < 4.78 is 18.2. The van der Waals surface area contributed by atoms with Gasteiger partial charge in [-0.3, -0.25) is 0 Å². The van der Waals surface area contributed by atoms with E-state index in [0.29, 0.717) is 25.2 Å². The van der Waals surface area contributed by atoms with Crippen molar-refractivity contribution in [3.63, 3.8) is 0 Å². The molecule has 3 N–H and O–H groups in total. The molecule has 5 nitrogen and oxygen atoms in total. The predicted octanol–water partition coefficient (Wildman–Crippen LogP) is 2.70. The van der Waals surface area contributed by atoms with Crippen LogP contribution in [0.1, 0.15) is 26.3 Å². The van der Waals surface area contributed by atoms with Crippen molar-refractivity contribution < 1.29 is 19.0 Å². The van der Waals surface area contributed by atoms with Gasteiger partial charge in [0.1, 0.15) is 5.60 Å². The van der Waals surface area contributed by atoms with Crippen LogP contribution in [0.5, 0.6) is 5.75 Å². The molecule has 0 heterocycles. The van der Waals surface area contributed by atoms with E-state index >= 15 is 0 Å². The molecule has 122 valence electrons. The number of amides is 1. The molecule has 1 aromatic carbocycles. The molecule has 6 heteroatoms. The maximum atomic E-state index is 13.1. The summed E-state index contributed by atoms with van der Waals surface area (Å²) >= 11 is 0. The van der Waals surface area contributed by atoms with E-state index in [2.05, 4.69) is 10.6 Å². The number of aromatic hydroxyl groups is 1. The standard InChI is InChI=1S/C16H23FN2O3/c1-16(2,3)22-15(21)19-10-5-4-9-18-11-12-7-6-8-13(17)14(12)20/h4-8,18,20H,9-11H2,1-3H3,(H,19,21)/b5-4+. The molecule has 0 radical (unpaired) electrons. The van der Waals surface area contributed by atoms with Gasteiger partial charge in [0.15, 0.2) is 11.6 Å². The van der Waals surface area contributed by atoms with Crippen LogP contribution in [0.25, 0.3) is 0 Å². The molecule has 0 saturated carbocycles. The maximum Gasteiger partial charge on any atom is 0.407 e. The minimum absolute atomic E-state index is 0.328. The Kier molecular flexibility index (Phi) is 6.85. The second-order valence-corrected chi connectivity index (χ2v) is 5.73. The SMILES string of the molecule is CC(C)(C)OC(=O)NC/C=C/CNCc1cccc(F)c1O. The summed E-state index contributed by atoms with van der Waals surface area (Å²) in [7, 11) is 0. The first-order chi connectivity index (χ1) is 10.3. The van der Waals surface area contributed by atoms with E-state index in [1.54, 1.807) is 39.0 Å². The summed E-state index contributed by atoms with van der Waals surface area (Å²) in [6.07, 6.45) is 3.14. The normalized spacial score (nSPS) is 11.6. The van der Waals surface area contributed by atoms with Gasteiger partial charge in [0.05, 0.1) is 0 Å². The summed E-state index contributed by atoms with van der Waals surface area (Å²) in [5.74, 6) is -0.957. The first-order valence-corrected chi connectivity index (χ1v) is 7.08. The number of benzene rings is 1. The Morgan fingerprint density at radius 1 is 1.32 bits per heavy atom. The molecule has 0 unspecified atom stereocenters. The van der Waals surface area contributed by atoms with Gasteiger partial charge in [0.2, 0.25) is 0 Å². The number of ether oxygens (including phenoxy) is 1. The van der Waals surface area contributed by atoms with Crippen molar-refractivity contribution in [2.24, 2.45) is 0 Å². The summed E-state index contributed by atoms with van der Waals surface area (Å²) in [6.45, 7) is 6.65. The molecule has 1 rings (SSSR count). The van der Waals surface area contributed by atoms with E-state index in [9.17, 15) is 14.3 Å². The number of hydrogen-bond acceptors (Lipinski definition) is 4. The minimum Gasteiger partial charge on any atom is -0.505 e. The Hall–Kier alpha value is -2.08. The summed E-state index contributed by atoms with van der Waals surface area (Å²) in [6, 6.07) is 4.41. The monoisotopic (exact) mass is 310 g/mol. The summed E-state index contributed by atoms with van der Waals surface area (Å²) in [5.41, 5.74) is -0.0113. The first kappa shape index (κ1) is 18.0. The van der Waals surface area contributed by atoms with Crippen molar-refractivity contribution >= 4 is 6.09 Å². The quantitative estimate of drug-likeness (QED) is 0.558. The number of carbonyl (C=O) groups excluding carboxylic acids is 1. The van der Waals surface area contributed by atoms with Gasteiger partial charge >= 0.3 is 6.09 Å². The van der Waals surface area contributed by atoms with Crippen molar-refractivity contribution in [3.05, 3.63) is 41.7 Å². The molecule has 0 atom stereocenters. The van der Waals surface area contributed by atoms with Gasteiger partial charge in [-0.25, -0.2) is 9.18 Å². The second-order valence-electron chi connectivity index (χ2n) is 5.73. The fourth-order valence-corrected chi connectivity index (χ4v) is 1.62. The minimum atomic E-state index is -0.628. The maximum absolute atomic E-state index is 13.1. The molecule has 0 aromatic heterocycles. The van der Waals surface area contributed by atoms with Crippen LogP contribution in [-0.4, -0.2) is 29.9 Å². The molecular formula is C16H23FN2O3. The van der Waals surface area contributed by atoms with Gasteiger partial charge in [-0.15, -0.1) is 0 Å². The van der Waals surface area contributed by atoms with Crippen LogP contribution in [0.2, 0.25) is 0 Å². The molecule has 1 aromatic rings. The predicted molar refractivity (Wildman–Crippen MR) is 83.1 cm³/mol. The van der Waals surface area contributed by atoms with Crippen LogP contribution in [0.4, 0.5) is 9.18 Å². The first-order valence-electron chi connectivity index (χ1n) is 7.08. The van der Waals surface area contributed by atoms with E-state index in [0.717, 1.165) is 0 Å². The molecule has 0 aliphatic heterocycles. The van der Waals surface area contributed by atoms with E-state index in [1.807, 2.05) is 6.08 Å². The molecule has 0 spiro atoms. The van der Waals surface area contributed by atoms with Gasteiger partial charge in [0.25, 0.3) is 0 Å². The molecular weight excluding hydrogens is 287 g/mol. The Morgan fingerprint density at radius 2 is 2.00 bits per heavy atom. The number of hydrogen-bond donors (Lipinski definition) is 3. The molecule has 22 heavy (non-hydrogen) atoms. The zero-order valence-electron chi connectivity index (χ0n) is 13.1. The van der Waals surface area contributed by atoms with E-state index in [1.165, 1.54) is 6.07 Å². The molecule has 0 saturated heterocycles. The number of halogens is 1. The lowest BCUT2D eigenvalue weighted by Crippen LogP contribution is -2.32. The molecule has 1 amide bonds. The average molecular weight is 310 g/mol. The Balaban J connectivity index is 2.19. The highest BCUT2D eigenvalue weighted by Crippen LogP contribution is 2.20. The van der Waals surface area contributed by atoms with Crippen molar-refractivity contribution in [2.45, 2.75) is 32.9 Å². The van der Waals surface area contributed by atoms with Gasteiger partial charge in [-0.1, -0.05) is 24.3 Å². The van der Waals surface area contributed by atoms with Crippen LogP contribution in [0.3, 0.4) is 0 Å². The van der Waals surface area contributed by atoms with Gasteiger partial charge in [-0.05, 0) is 26.8 Å². The highest BCUT2D eigenvalue weighted by atomic mass is 19.1. The Morgan fingerprint density at radius 3 is 2.68 bits per heavy atom. The highest BCUT2D eigenvalue weighted by Gasteiger charge is 2.14. The lowest BCUT2D eigenvalue weighted by atomic mass is 10.2. The molecule has 0 bridgehead atoms. The van der Waals surface area contributed by atoms with Gasteiger partial charge in [0, 0.05) is 25.2 Å². The molecule has 0 fully saturated rings. The third-order valence-corrected chi connectivity index (χ3v) is 2.58. The van der Waals surface area contributed by atoms with Crippen molar-refractivity contribution in [1.82, 2.24) is 10.6 Å². The molecule has 0 aliphatic carbocycles. The smallest absolute Gasteiger partial charge is 0.407 e. The third kappa shape index (κ3) is 7.08. The lowest BCUT2D eigenvalue weighted by Gasteiger charge is -2.19. The zero-order valence-corrected chi connectivity index (χ0v) is 13.1. The van der Waals surface area contributed by atoms with Gasteiger partial charge < -0.3 is 20.5 Å². The largest absolute Gasteiger partial charge is 0.505 e. The number of nitrogens with one attached hydrogen (secondary N) is 2. The van der Waals surface area contributed by atoms with Crippen LogP contribution >= 0.6 is 0 Å². The van der Waals surface area contributed by atoms with Crippen LogP contribution in [0, 0.1) is 5.82 Å². The zero-order chi connectivity index (χ0) is 16.6. The summed E-state index contributed by atoms with van der Waals surface area (Å²) in [5, 5.41) is 15.1. The fourth-order valence-electron chi connectivity index (χ4n) is 1.62. The molecule has 0 aliphatic rings. The second kappa shape index (κ2) is 8.38. The van der Waals surface area contributed by atoms with Crippen molar-refractivity contribution in [2.75, 3.05) is 13.1 Å². The third-order valence-electron chi connectivity index (χ3n) is 2.58. The number of carbonyl (C=O) groups is 1. The van der Waals surface area contributed by atoms with E-state index in [4.69, 9.17) is 4.74 Å². The van der Waals surface area contributed by atoms with Crippen LogP contribution < -0.4 is 10.6 Å². The number of rotatable bonds is 6. The average Bonchev–Trinajstić information content (AvgIpc) is 2.40. The fraction of sp³-hybridized carbons (Fsp3) is 0.438. The Bertz CT molecular complexity index is 525. The number of phenols is 1. The number of para-hydroxylation sites is 1. The number of alkyl carbamates (subject to hydrolysis) is 1. The van der Waals surface area contributed by atoms with Crippen molar-refractivity contribution in [3.8, 4) is 5.75 Å². The van der Waals surface area contributed by atoms with Crippen molar-refractivity contribution in [1.29, 1.82) is 0 Å². The van der Waals surface area contributed by atoms with E-state index in [-0.39, 0.29) is 5.75 Å². The van der Waals surface area contributed by atoms with Crippen LogP contribution in [-0.2, 0) is 11.3 Å². The lowest BCUT2D eigenvalue weighted by molar-refractivity contribution is 0.0534. The van der Waals surface area contributed by atoms with Gasteiger partial charge in [-0.2, -0.15) is 0 Å². The highest BCUT2D eigenvalue weighted by molar-refractivity contribution is 5.67. The van der Waals surface area contributed by atoms with Crippen LogP contribution in [0.15, 0.2) is 30.4 Å². The number of phenolic OH excluding ortho intramolecular Hbond substituents is 1. The topological polar surface area (TPSA) is 70.6 Å². The van der Waals surface area contributed by atoms with E-state index < -0.39 is 17.5 Å².